The van der Waals surface area contributed by atoms with Crippen molar-refractivity contribution in [1.29, 1.82) is 0 Å². The second-order valence-electron chi connectivity index (χ2n) is 24.4. The van der Waals surface area contributed by atoms with Gasteiger partial charge in [-0.25, -0.2) is 15.0 Å². The minimum atomic E-state index is -4.67. The monoisotopic (exact) mass is 1190 g/mol. The molecule has 0 amide bonds. The van der Waals surface area contributed by atoms with Crippen molar-refractivity contribution >= 4 is 43.6 Å². The van der Waals surface area contributed by atoms with Crippen molar-refractivity contribution in [3.63, 3.8) is 0 Å². The standard InChI is InChI=1S/C83H62F3N5/c1-49-18-23-56(24-19-49)59-26-36-74-70(43-59)71-44-60(65-31-20-50(2)40-53(65)5)27-37-75(71)90(74)78-47-63(82-88-80(57-14-10-8-11-15-57)87-81(89-82)58-16-12-9-13-17-58)25-34-68(78)69-35-30-64(83(84,85)86)48-79(69)91-76-38-28-61(66-32-21-51(3)41-54(66)6)45-72(76)73-46-62(29-39-77(73)91)67-33-22-52(4)42-55(67)7/h8-48H,1-7H3. The molecule has 0 saturated heterocycles. The first-order valence-electron chi connectivity index (χ1n) is 30.8. The predicted octanol–water partition coefficient (Wildman–Crippen LogP) is 22.6. The first-order valence-corrected chi connectivity index (χ1v) is 30.8. The van der Waals surface area contributed by atoms with Gasteiger partial charge in [-0.2, -0.15) is 13.2 Å². The predicted molar refractivity (Wildman–Crippen MR) is 370 cm³/mol. The average molecular weight is 1190 g/mol. The van der Waals surface area contributed by atoms with E-state index in [1.54, 1.807) is 6.07 Å². The Labute approximate surface area is 527 Å². The second-order valence-corrected chi connectivity index (χ2v) is 24.4. The molecule has 0 saturated carbocycles. The first-order chi connectivity index (χ1) is 44.1. The number of alkyl halides is 3. The SMILES string of the molecule is Cc1ccc(-c2ccc3c(c2)c2cc(-c4ccc(C)cc4C)ccc2n3-c2cc(-c3nc(-c4ccccc4)nc(-c4ccccc4)n3)ccc2-c2ccc(C(F)(F)F)cc2-n2c3ccc(-c4ccc(C)cc4C)cc3c3cc(-c4ccc(C)cc4C)ccc32)cc1. The Kier molecular flexibility index (Phi) is 13.8. The van der Waals surface area contributed by atoms with E-state index in [0.717, 1.165) is 116 Å². The molecule has 0 bridgehead atoms. The normalized spacial score (nSPS) is 11.8. The maximum atomic E-state index is 15.7. The van der Waals surface area contributed by atoms with Crippen molar-refractivity contribution in [1.82, 2.24) is 24.1 Å². The lowest BCUT2D eigenvalue weighted by Gasteiger charge is -2.21. The van der Waals surface area contributed by atoms with Gasteiger partial charge in [0.2, 0.25) is 0 Å². The third kappa shape index (κ3) is 10.2. The van der Waals surface area contributed by atoms with Crippen LogP contribution in [0.2, 0.25) is 0 Å². The lowest BCUT2D eigenvalue weighted by Crippen LogP contribution is -2.08. The molecule has 12 aromatic carbocycles. The zero-order valence-electron chi connectivity index (χ0n) is 51.5. The molecular weight excluding hydrogens is 1120 g/mol. The van der Waals surface area contributed by atoms with E-state index in [0.29, 0.717) is 39.9 Å². The fourth-order valence-electron chi connectivity index (χ4n) is 13.5. The average Bonchev–Trinajstić information content (AvgIpc) is 1.61. The third-order valence-corrected chi connectivity index (χ3v) is 18.0. The molecule has 440 valence electrons. The van der Waals surface area contributed by atoms with Gasteiger partial charge in [-0.05, 0) is 176 Å². The number of aryl methyl sites for hydroxylation is 7. The molecule has 0 aliphatic heterocycles. The van der Waals surface area contributed by atoms with Crippen molar-refractivity contribution < 1.29 is 13.2 Å². The summed E-state index contributed by atoms with van der Waals surface area (Å²) in [5, 5.41) is 3.87. The summed E-state index contributed by atoms with van der Waals surface area (Å²) in [6, 6.07) is 84.4. The van der Waals surface area contributed by atoms with Crippen LogP contribution in [0, 0.1) is 48.5 Å². The number of hydrogen-bond acceptors (Lipinski definition) is 3. The van der Waals surface area contributed by atoms with Crippen LogP contribution in [-0.2, 0) is 6.18 Å². The van der Waals surface area contributed by atoms with Crippen LogP contribution in [0.3, 0.4) is 0 Å². The number of aromatic nitrogens is 5. The minimum Gasteiger partial charge on any atom is -0.309 e. The number of hydrogen-bond donors (Lipinski definition) is 0. The van der Waals surface area contributed by atoms with Crippen LogP contribution in [-0.4, -0.2) is 24.1 Å². The van der Waals surface area contributed by atoms with E-state index in [9.17, 15) is 0 Å². The van der Waals surface area contributed by atoms with Gasteiger partial charge in [0.25, 0.3) is 0 Å². The fraction of sp³-hybridized carbons (Fsp3) is 0.0964. The number of nitrogens with zero attached hydrogens (tertiary/aromatic N) is 5. The maximum Gasteiger partial charge on any atom is 0.416 e. The van der Waals surface area contributed by atoms with E-state index in [1.165, 1.54) is 39.9 Å². The van der Waals surface area contributed by atoms with Gasteiger partial charge < -0.3 is 9.13 Å². The molecule has 15 aromatic rings. The molecule has 91 heavy (non-hydrogen) atoms. The van der Waals surface area contributed by atoms with Gasteiger partial charge >= 0.3 is 6.18 Å². The summed E-state index contributed by atoms with van der Waals surface area (Å²) < 4.78 is 51.5. The molecule has 0 atom stereocenters. The second kappa shape index (κ2) is 22.3. The molecule has 15 rings (SSSR count). The first kappa shape index (κ1) is 56.5. The quantitative estimate of drug-likeness (QED) is 0.137. The highest BCUT2D eigenvalue weighted by Gasteiger charge is 2.33. The summed E-state index contributed by atoms with van der Waals surface area (Å²) in [6.45, 7) is 14.8. The van der Waals surface area contributed by atoms with Crippen LogP contribution in [0.15, 0.2) is 249 Å². The lowest BCUT2D eigenvalue weighted by molar-refractivity contribution is -0.137. The Morgan fingerprint density at radius 3 is 1.00 bits per heavy atom. The highest BCUT2D eigenvalue weighted by atomic mass is 19.4. The van der Waals surface area contributed by atoms with E-state index in [2.05, 4.69) is 211 Å². The Balaban J connectivity index is 1.05. The van der Waals surface area contributed by atoms with Crippen molar-refractivity contribution in [2.75, 3.05) is 0 Å². The molecule has 0 aliphatic carbocycles. The molecule has 0 fully saturated rings. The molecule has 5 nitrogen and oxygen atoms in total. The molecule has 0 spiro atoms. The zero-order chi connectivity index (χ0) is 62.4. The molecule has 0 N–H and O–H groups in total. The van der Waals surface area contributed by atoms with Crippen LogP contribution in [0.5, 0.6) is 0 Å². The number of fused-ring (bicyclic) bond motifs is 6. The van der Waals surface area contributed by atoms with Crippen LogP contribution in [0.25, 0.3) is 145 Å². The number of benzene rings is 12. The topological polar surface area (TPSA) is 48.5 Å². The molecule has 3 heterocycles. The van der Waals surface area contributed by atoms with Crippen molar-refractivity contribution in [2.24, 2.45) is 0 Å². The third-order valence-electron chi connectivity index (χ3n) is 18.0. The van der Waals surface area contributed by atoms with E-state index in [1.807, 2.05) is 77.4 Å². The number of halogens is 3. The fourth-order valence-corrected chi connectivity index (χ4v) is 13.5. The van der Waals surface area contributed by atoms with Crippen LogP contribution < -0.4 is 0 Å². The molecule has 3 aromatic heterocycles. The molecule has 0 unspecified atom stereocenters. The van der Waals surface area contributed by atoms with Gasteiger partial charge in [0.15, 0.2) is 17.5 Å². The Morgan fingerprint density at radius 1 is 0.264 bits per heavy atom. The van der Waals surface area contributed by atoms with Gasteiger partial charge in [0, 0.05) is 49.4 Å². The van der Waals surface area contributed by atoms with E-state index in [-0.39, 0.29) is 0 Å². The van der Waals surface area contributed by atoms with Crippen molar-refractivity contribution in [2.45, 2.75) is 54.6 Å². The molecule has 8 heteroatoms. The summed E-state index contributed by atoms with van der Waals surface area (Å²) in [6.07, 6.45) is -4.67. The van der Waals surface area contributed by atoms with Gasteiger partial charge in [0.1, 0.15) is 0 Å². The van der Waals surface area contributed by atoms with E-state index in [4.69, 9.17) is 15.0 Å². The van der Waals surface area contributed by atoms with Crippen LogP contribution in [0.4, 0.5) is 13.2 Å². The summed E-state index contributed by atoms with van der Waals surface area (Å²) in [5.74, 6) is 1.45. The van der Waals surface area contributed by atoms with Crippen molar-refractivity contribution in [3.8, 4) is 101 Å². The van der Waals surface area contributed by atoms with Gasteiger partial charge in [-0.3, -0.25) is 0 Å². The van der Waals surface area contributed by atoms with Crippen LogP contribution >= 0.6 is 0 Å². The Bertz CT molecular complexity index is 5240. The maximum absolute atomic E-state index is 15.7. The van der Waals surface area contributed by atoms with E-state index < -0.39 is 11.7 Å². The van der Waals surface area contributed by atoms with Crippen LogP contribution in [0.1, 0.15) is 44.5 Å². The zero-order valence-corrected chi connectivity index (χ0v) is 51.5. The largest absolute Gasteiger partial charge is 0.416 e. The molecular formula is C83H62F3N5. The summed E-state index contributed by atoms with van der Waals surface area (Å²) in [7, 11) is 0. The lowest BCUT2D eigenvalue weighted by atomic mass is 9.95. The smallest absolute Gasteiger partial charge is 0.309 e. The van der Waals surface area contributed by atoms with Gasteiger partial charge in [-0.1, -0.05) is 204 Å². The van der Waals surface area contributed by atoms with E-state index >= 15 is 13.2 Å². The highest BCUT2D eigenvalue weighted by Crippen LogP contribution is 2.47. The number of rotatable bonds is 10. The van der Waals surface area contributed by atoms with Crippen molar-refractivity contribution in [3.05, 3.63) is 293 Å². The Morgan fingerprint density at radius 2 is 0.593 bits per heavy atom. The highest BCUT2D eigenvalue weighted by molar-refractivity contribution is 6.14. The molecule has 0 radical (unpaired) electrons. The Hall–Kier alpha value is -11.0. The summed E-state index contributed by atoms with van der Waals surface area (Å²) in [4.78, 5) is 15.5. The molecule has 0 aliphatic rings. The summed E-state index contributed by atoms with van der Waals surface area (Å²) >= 11 is 0. The van der Waals surface area contributed by atoms with Gasteiger partial charge in [-0.15, -0.1) is 0 Å². The minimum absolute atomic E-state index is 0.375. The summed E-state index contributed by atoms with van der Waals surface area (Å²) in [5.41, 5.74) is 24.0. The van der Waals surface area contributed by atoms with Gasteiger partial charge in [0.05, 0.1) is 39.0 Å².